The van der Waals surface area contributed by atoms with Gasteiger partial charge in [0.05, 0.1) is 7.11 Å². The van der Waals surface area contributed by atoms with Crippen molar-refractivity contribution >= 4 is 33.9 Å². The van der Waals surface area contributed by atoms with Crippen LogP contribution in [0.2, 0.25) is 0 Å². The highest BCUT2D eigenvalue weighted by Gasteiger charge is 2.22. The summed E-state index contributed by atoms with van der Waals surface area (Å²) in [4.78, 5) is 22.3. The second-order valence-electron chi connectivity index (χ2n) is 3.35. The molecule has 2 rings (SSSR count). The predicted octanol–water partition coefficient (Wildman–Crippen LogP) is 1.64. The number of urea groups is 1. The predicted molar refractivity (Wildman–Crippen MR) is 65.3 cm³/mol. The van der Waals surface area contributed by atoms with Gasteiger partial charge in [-0.05, 0) is 29.8 Å². The molecule has 1 aromatic carbocycles. The number of rotatable bonds is 2. The van der Waals surface area contributed by atoms with E-state index in [0.717, 1.165) is 10.0 Å². The number of hydrogen-bond donors (Lipinski definition) is 2. The number of ether oxygens (including phenoxy) is 1. The van der Waals surface area contributed by atoms with Crippen LogP contribution in [0.4, 0.5) is 4.79 Å². The first-order valence-corrected chi connectivity index (χ1v) is 5.57. The lowest BCUT2D eigenvalue weighted by molar-refractivity contribution is -0.115. The van der Waals surface area contributed by atoms with Gasteiger partial charge in [0.2, 0.25) is 0 Å². The Hall–Kier alpha value is -1.82. The van der Waals surface area contributed by atoms with Crippen molar-refractivity contribution in [3.63, 3.8) is 0 Å². The van der Waals surface area contributed by atoms with Crippen molar-refractivity contribution in [3.8, 4) is 5.75 Å². The lowest BCUT2D eigenvalue weighted by Gasteiger charge is -2.04. The number of halogens is 1. The van der Waals surface area contributed by atoms with Crippen molar-refractivity contribution in [2.45, 2.75) is 0 Å². The zero-order valence-electron chi connectivity index (χ0n) is 8.91. The highest BCUT2D eigenvalue weighted by Crippen LogP contribution is 2.24. The molecule has 3 amide bonds. The monoisotopic (exact) mass is 296 g/mol. The number of carbonyl (C=O) groups excluding carboxylic acids is 2. The number of methoxy groups -OCH3 is 1. The maximum absolute atomic E-state index is 11.3. The Kier molecular flexibility index (Phi) is 3.14. The molecule has 0 saturated carbocycles. The van der Waals surface area contributed by atoms with E-state index >= 15 is 0 Å². The van der Waals surface area contributed by atoms with Gasteiger partial charge in [0, 0.05) is 4.47 Å². The smallest absolute Gasteiger partial charge is 0.326 e. The van der Waals surface area contributed by atoms with Crippen LogP contribution in [0.15, 0.2) is 28.4 Å². The summed E-state index contributed by atoms with van der Waals surface area (Å²) in [6, 6.07) is 4.84. The van der Waals surface area contributed by atoms with Crippen LogP contribution >= 0.6 is 15.9 Å². The van der Waals surface area contributed by atoms with Crippen molar-refractivity contribution in [2.75, 3.05) is 7.11 Å². The van der Waals surface area contributed by atoms with Crippen LogP contribution in [-0.4, -0.2) is 19.0 Å². The van der Waals surface area contributed by atoms with Gasteiger partial charge in [-0.2, -0.15) is 0 Å². The first-order chi connectivity index (χ1) is 8.10. The lowest BCUT2D eigenvalue weighted by atomic mass is 10.2. The van der Waals surface area contributed by atoms with E-state index in [2.05, 4.69) is 26.6 Å². The van der Waals surface area contributed by atoms with Crippen molar-refractivity contribution in [1.29, 1.82) is 0 Å². The van der Waals surface area contributed by atoms with Gasteiger partial charge in [0.25, 0.3) is 5.91 Å². The van der Waals surface area contributed by atoms with Gasteiger partial charge in [-0.25, -0.2) is 4.79 Å². The Bertz CT molecular complexity index is 525. The van der Waals surface area contributed by atoms with Gasteiger partial charge in [-0.15, -0.1) is 0 Å². The minimum atomic E-state index is -0.514. The Morgan fingerprint density at radius 3 is 2.65 bits per heavy atom. The molecule has 1 saturated heterocycles. The van der Waals surface area contributed by atoms with Gasteiger partial charge >= 0.3 is 6.03 Å². The van der Waals surface area contributed by atoms with Crippen LogP contribution in [0.25, 0.3) is 6.08 Å². The third kappa shape index (κ3) is 2.47. The average molecular weight is 297 g/mol. The Labute approximate surface area is 106 Å². The molecule has 2 N–H and O–H groups in total. The maximum atomic E-state index is 11.3. The third-order valence-corrected chi connectivity index (χ3v) is 2.95. The zero-order chi connectivity index (χ0) is 12.4. The lowest BCUT2D eigenvalue weighted by Crippen LogP contribution is -2.22. The van der Waals surface area contributed by atoms with Crippen molar-refractivity contribution in [3.05, 3.63) is 33.9 Å². The van der Waals surface area contributed by atoms with Crippen molar-refractivity contribution < 1.29 is 14.3 Å². The van der Waals surface area contributed by atoms with Crippen LogP contribution in [-0.2, 0) is 4.79 Å². The number of carbonyl (C=O) groups is 2. The Balaban J connectivity index is 2.38. The first-order valence-electron chi connectivity index (χ1n) is 4.77. The third-order valence-electron chi connectivity index (χ3n) is 2.22. The van der Waals surface area contributed by atoms with E-state index in [-0.39, 0.29) is 5.70 Å². The molecule has 17 heavy (non-hydrogen) atoms. The van der Waals surface area contributed by atoms with Crippen LogP contribution in [0.3, 0.4) is 0 Å². The molecule has 1 aliphatic rings. The SMILES string of the molecule is COc1ccc(Br)c(/C=C2/NC(=O)NC2=O)c1. The highest BCUT2D eigenvalue weighted by atomic mass is 79.9. The normalized spacial score (nSPS) is 16.9. The molecule has 88 valence electrons. The van der Waals surface area contributed by atoms with Gasteiger partial charge in [0.1, 0.15) is 11.4 Å². The van der Waals surface area contributed by atoms with Gasteiger partial charge < -0.3 is 10.1 Å². The van der Waals surface area contributed by atoms with E-state index in [1.54, 1.807) is 31.4 Å². The zero-order valence-corrected chi connectivity index (χ0v) is 10.5. The molecule has 0 bridgehead atoms. The quantitative estimate of drug-likeness (QED) is 0.644. The van der Waals surface area contributed by atoms with E-state index in [0.29, 0.717) is 5.75 Å². The number of hydrogen-bond acceptors (Lipinski definition) is 3. The summed E-state index contributed by atoms with van der Waals surface area (Å²) in [5.41, 5.74) is 0.959. The van der Waals surface area contributed by atoms with Crippen LogP contribution in [0.5, 0.6) is 5.75 Å². The standard InChI is InChI=1S/C11H9BrN2O3/c1-17-7-2-3-8(12)6(4-7)5-9-10(15)14-11(16)13-9/h2-5H,1H3,(H2,13,14,15,16)/b9-5+. The fourth-order valence-electron chi connectivity index (χ4n) is 1.40. The Morgan fingerprint density at radius 2 is 2.06 bits per heavy atom. The fraction of sp³-hybridized carbons (Fsp3) is 0.0909. The number of imide groups is 1. The van der Waals surface area contributed by atoms with Gasteiger partial charge in [-0.3, -0.25) is 10.1 Å². The van der Waals surface area contributed by atoms with E-state index < -0.39 is 11.9 Å². The minimum Gasteiger partial charge on any atom is -0.497 e. The maximum Gasteiger partial charge on any atom is 0.326 e. The minimum absolute atomic E-state index is 0.212. The summed E-state index contributed by atoms with van der Waals surface area (Å²) in [7, 11) is 1.56. The topological polar surface area (TPSA) is 67.4 Å². The van der Waals surface area contributed by atoms with Crippen LogP contribution < -0.4 is 15.4 Å². The summed E-state index contributed by atoms with van der Waals surface area (Å²) >= 11 is 3.36. The van der Waals surface area contributed by atoms with Crippen molar-refractivity contribution in [1.82, 2.24) is 10.6 Å². The summed E-state index contributed by atoms with van der Waals surface area (Å²) in [5, 5.41) is 4.55. The van der Waals surface area contributed by atoms with Crippen LogP contribution in [0, 0.1) is 0 Å². The van der Waals surface area contributed by atoms with E-state index in [1.807, 2.05) is 0 Å². The van der Waals surface area contributed by atoms with E-state index in [9.17, 15) is 9.59 Å². The summed E-state index contributed by atoms with van der Waals surface area (Å²) < 4.78 is 5.89. The van der Waals surface area contributed by atoms with E-state index in [4.69, 9.17) is 4.74 Å². The molecule has 1 heterocycles. The molecule has 0 atom stereocenters. The Morgan fingerprint density at radius 1 is 1.29 bits per heavy atom. The molecule has 0 aliphatic carbocycles. The first kappa shape index (κ1) is 11.7. The molecule has 0 radical (unpaired) electrons. The fourth-order valence-corrected chi connectivity index (χ4v) is 1.76. The molecule has 6 heteroatoms. The second-order valence-corrected chi connectivity index (χ2v) is 4.21. The van der Waals surface area contributed by atoms with Crippen LogP contribution in [0.1, 0.15) is 5.56 Å². The highest BCUT2D eigenvalue weighted by molar-refractivity contribution is 9.10. The molecule has 0 aromatic heterocycles. The molecule has 0 unspecified atom stereocenters. The molecule has 1 aromatic rings. The van der Waals surface area contributed by atoms with E-state index in [1.165, 1.54) is 0 Å². The summed E-state index contributed by atoms with van der Waals surface area (Å²) in [6.07, 6.45) is 1.58. The van der Waals surface area contributed by atoms with Crippen molar-refractivity contribution in [2.24, 2.45) is 0 Å². The second kappa shape index (κ2) is 4.58. The average Bonchev–Trinajstić information content (AvgIpc) is 2.60. The van der Waals surface area contributed by atoms with Gasteiger partial charge in [0.15, 0.2) is 0 Å². The molecular formula is C11H9BrN2O3. The molecule has 5 nitrogen and oxygen atoms in total. The number of amides is 3. The molecule has 1 fully saturated rings. The number of nitrogens with one attached hydrogen (secondary N) is 2. The molecule has 1 aliphatic heterocycles. The summed E-state index contributed by atoms with van der Waals surface area (Å²) in [5.74, 6) is 0.231. The summed E-state index contributed by atoms with van der Waals surface area (Å²) in [6.45, 7) is 0. The number of benzene rings is 1. The molecule has 0 spiro atoms. The largest absolute Gasteiger partial charge is 0.497 e. The molecular weight excluding hydrogens is 288 g/mol. The van der Waals surface area contributed by atoms with Gasteiger partial charge in [-0.1, -0.05) is 15.9 Å².